The lowest BCUT2D eigenvalue weighted by molar-refractivity contribution is -0.119. The molecule has 2 rings (SSSR count). The van der Waals surface area contributed by atoms with Crippen LogP contribution in [-0.2, 0) is 9.53 Å². The summed E-state index contributed by atoms with van der Waals surface area (Å²) in [7, 11) is 0. The van der Waals surface area contributed by atoms with E-state index < -0.39 is 18.5 Å². The van der Waals surface area contributed by atoms with Crippen LogP contribution in [-0.4, -0.2) is 29.8 Å². The molecule has 0 aliphatic carbocycles. The highest BCUT2D eigenvalue weighted by molar-refractivity contribution is 7.98. The molecule has 2 aromatic carbocycles. The molecule has 0 atom stereocenters. The van der Waals surface area contributed by atoms with Gasteiger partial charge >= 0.3 is 5.97 Å². The Hall–Kier alpha value is -2.47. The standard InChI is InChI=1S/C17H17NO4S/c1-11-3-4-12(9-15(11)19)17(21)22-10-16(20)18-13-5-7-14(23-2)8-6-13/h3-9,19H,10H2,1-2H3,(H,18,20). The second-order valence-electron chi connectivity index (χ2n) is 4.85. The molecule has 0 fully saturated rings. The van der Waals surface area contributed by atoms with Gasteiger partial charge in [-0.15, -0.1) is 11.8 Å². The number of rotatable bonds is 5. The van der Waals surface area contributed by atoms with Crippen LogP contribution in [0.3, 0.4) is 0 Å². The Labute approximate surface area is 138 Å². The van der Waals surface area contributed by atoms with Gasteiger partial charge in [0.05, 0.1) is 5.56 Å². The predicted molar refractivity (Wildman–Crippen MR) is 90.0 cm³/mol. The zero-order valence-corrected chi connectivity index (χ0v) is 13.6. The van der Waals surface area contributed by atoms with Crippen molar-refractivity contribution in [2.45, 2.75) is 11.8 Å². The molecule has 0 radical (unpaired) electrons. The maximum atomic E-state index is 11.8. The number of anilines is 1. The number of benzene rings is 2. The third-order valence-electron chi connectivity index (χ3n) is 3.15. The maximum absolute atomic E-state index is 11.8. The van der Waals surface area contributed by atoms with Crippen molar-refractivity contribution >= 4 is 29.3 Å². The third kappa shape index (κ3) is 4.75. The number of phenolic OH excluding ortho intramolecular Hbond substituents is 1. The largest absolute Gasteiger partial charge is 0.508 e. The fourth-order valence-electron chi connectivity index (χ4n) is 1.82. The van der Waals surface area contributed by atoms with Crippen molar-refractivity contribution in [2.24, 2.45) is 0 Å². The van der Waals surface area contributed by atoms with Gasteiger partial charge < -0.3 is 15.2 Å². The van der Waals surface area contributed by atoms with E-state index in [4.69, 9.17) is 4.74 Å². The highest BCUT2D eigenvalue weighted by Crippen LogP contribution is 2.19. The summed E-state index contributed by atoms with van der Waals surface area (Å²) in [6.45, 7) is 1.33. The van der Waals surface area contributed by atoms with Gasteiger partial charge in [0.25, 0.3) is 5.91 Å². The van der Waals surface area contributed by atoms with Crippen LogP contribution in [0.4, 0.5) is 5.69 Å². The van der Waals surface area contributed by atoms with Crippen LogP contribution in [0.2, 0.25) is 0 Å². The number of aryl methyl sites for hydroxylation is 1. The molecule has 2 aromatic rings. The predicted octanol–water partition coefficient (Wildman–Crippen LogP) is 3.22. The zero-order chi connectivity index (χ0) is 16.8. The molecule has 0 spiro atoms. The molecule has 1 amide bonds. The van der Waals surface area contributed by atoms with Crippen LogP contribution < -0.4 is 5.32 Å². The minimum Gasteiger partial charge on any atom is -0.508 e. The SMILES string of the molecule is CSc1ccc(NC(=O)COC(=O)c2ccc(C)c(O)c2)cc1. The van der Waals surface area contributed by atoms with E-state index in [1.807, 2.05) is 18.4 Å². The Morgan fingerprint density at radius 2 is 1.87 bits per heavy atom. The number of ether oxygens (including phenoxy) is 1. The van der Waals surface area contributed by atoms with Crippen molar-refractivity contribution in [3.63, 3.8) is 0 Å². The van der Waals surface area contributed by atoms with Crippen molar-refractivity contribution in [3.8, 4) is 5.75 Å². The quantitative estimate of drug-likeness (QED) is 0.650. The number of aromatic hydroxyl groups is 1. The number of thioether (sulfide) groups is 1. The topological polar surface area (TPSA) is 75.6 Å². The summed E-state index contributed by atoms with van der Waals surface area (Å²) in [5.74, 6) is -1.07. The van der Waals surface area contributed by atoms with Crippen LogP contribution >= 0.6 is 11.8 Å². The lowest BCUT2D eigenvalue weighted by Crippen LogP contribution is -2.20. The third-order valence-corrected chi connectivity index (χ3v) is 3.90. The van der Waals surface area contributed by atoms with Gasteiger partial charge in [-0.05, 0) is 55.1 Å². The van der Waals surface area contributed by atoms with Crippen molar-refractivity contribution in [3.05, 3.63) is 53.6 Å². The number of phenols is 1. The van der Waals surface area contributed by atoms with E-state index in [9.17, 15) is 14.7 Å². The normalized spacial score (nSPS) is 10.2. The molecule has 0 saturated heterocycles. The first-order valence-corrected chi connectivity index (χ1v) is 8.12. The molecule has 0 unspecified atom stereocenters. The number of amides is 1. The first-order valence-electron chi connectivity index (χ1n) is 6.90. The number of hydrogen-bond donors (Lipinski definition) is 2. The van der Waals surface area contributed by atoms with Crippen LogP contribution in [0.5, 0.6) is 5.75 Å². The number of hydrogen-bond acceptors (Lipinski definition) is 5. The van der Waals surface area contributed by atoms with Gasteiger partial charge in [-0.3, -0.25) is 4.79 Å². The number of carbonyl (C=O) groups excluding carboxylic acids is 2. The van der Waals surface area contributed by atoms with E-state index in [1.54, 1.807) is 36.9 Å². The Kier molecular flexibility index (Phi) is 5.65. The number of nitrogens with one attached hydrogen (secondary N) is 1. The van der Waals surface area contributed by atoms with Gasteiger partial charge in [0.2, 0.25) is 0 Å². The first kappa shape index (κ1) is 16.9. The lowest BCUT2D eigenvalue weighted by atomic mass is 10.1. The van der Waals surface area contributed by atoms with E-state index in [1.165, 1.54) is 12.1 Å². The summed E-state index contributed by atoms with van der Waals surface area (Å²) < 4.78 is 4.94. The Balaban J connectivity index is 1.87. The van der Waals surface area contributed by atoms with E-state index >= 15 is 0 Å². The smallest absolute Gasteiger partial charge is 0.338 e. The minimum absolute atomic E-state index is 0.0118. The molecular weight excluding hydrogens is 314 g/mol. The van der Waals surface area contributed by atoms with Crippen molar-refractivity contribution < 1.29 is 19.4 Å². The van der Waals surface area contributed by atoms with Crippen LogP contribution in [0, 0.1) is 6.92 Å². The van der Waals surface area contributed by atoms with Crippen LogP contribution in [0.15, 0.2) is 47.4 Å². The Morgan fingerprint density at radius 3 is 2.48 bits per heavy atom. The average molecular weight is 331 g/mol. The molecule has 5 nitrogen and oxygen atoms in total. The van der Waals surface area contributed by atoms with E-state index in [0.29, 0.717) is 11.3 Å². The van der Waals surface area contributed by atoms with E-state index in [0.717, 1.165) is 4.90 Å². The summed E-state index contributed by atoms with van der Waals surface area (Å²) in [6, 6.07) is 11.8. The molecule has 0 saturated carbocycles. The lowest BCUT2D eigenvalue weighted by Gasteiger charge is -2.08. The monoisotopic (exact) mass is 331 g/mol. The molecule has 23 heavy (non-hydrogen) atoms. The summed E-state index contributed by atoms with van der Waals surface area (Å²) in [5, 5.41) is 12.2. The average Bonchev–Trinajstić information content (AvgIpc) is 2.56. The molecule has 0 bridgehead atoms. The summed E-state index contributed by atoms with van der Waals surface area (Å²) in [5.41, 5.74) is 1.50. The number of esters is 1. The molecule has 6 heteroatoms. The van der Waals surface area contributed by atoms with Crippen molar-refractivity contribution in [1.29, 1.82) is 0 Å². The van der Waals surface area contributed by atoms with Gasteiger partial charge in [-0.1, -0.05) is 6.07 Å². The van der Waals surface area contributed by atoms with Gasteiger partial charge in [-0.25, -0.2) is 4.79 Å². The summed E-state index contributed by atoms with van der Waals surface area (Å²) >= 11 is 1.61. The molecule has 0 aromatic heterocycles. The molecule has 0 heterocycles. The van der Waals surface area contributed by atoms with Crippen LogP contribution in [0.25, 0.3) is 0 Å². The Morgan fingerprint density at radius 1 is 1.17 bits per heavy atom. The number of carbonyl (C=O) groups is 2. The molecule has 0 aliphatic rings. The summed E-state index contributed by atoms with van der Waals surface area (Å²) in [4.78, 5) is 24.7. The maximum Gasteiger partial charge on any atom is 0.338 e. The summed E-state index contributed by atoms with van der Waals surface area (Å²) in [6.07, 6.45) is 1.97. The Bertz CT molecular complexity index is 713. The van der Waals surface area contributed by atoms with Gasteiger partial charge in [0.1, 0.15) is 5.75 Å². The zero-order valence-electron chi connectivity index (χ0n) is 12.8. The highest BCUT2D eigenvalue weighted by Gasteiger charge is 2.11. The second kappa shape index (κ2) is 7.69. The molecule has 2 N–H and O–H groups in total. The molecule has 120 valence electrons. The second-order valence-corrected chi connectivity index (χ2v) is 5.73. The van der Waals surface area contributed by atoms with E-state index in [-0.39, 0.29) is 11.3 Å². The van der Waals surface area contributed by atoms with Gasteiger partial charge in [0, 0.05) is 10.6 Å². The van der Waals surface area contributed by atoms with Crippen molar-refractivity contribution in [2.75, 3.05) is 18.2 Å². The fourth-order valence-corrected chi connectivity index (χ4v) is 2.23. The van der Waals surface area contributed by atoms with Gasteiger partial charge in [0.15, 0.2) is 6.61 Å². The fraction of sp³-hybridized carbons (Fsp3) is 0.176. The van der Waals surface area contributed by atoms with Gasteiger partial charge in [-0.2, -0.15) is 0 Å². The molecule has 0 aliphatic heterocycles. The highest BCUT2D eigenvalue weighted by atomic mass is 32.2. The minimum atomic E-state index is -0.659. The van der Waals surface area contributed by atoms with E-state index in [2.05, 4.69) is 5.32 Å². The van der Waals surface area contributed by atoms with Crippen LogP contribution in [0.1, 0.15) is 15.9 Å². The molecular formula is C17H17NO4S. The van der Waals surface area contributed by atoms with Crippen molar-refractivity contribution in [1.82, 2.24) is 0 Å². The first-order chi connectivity index (χ1) is 11.0.